The lowest BCUT2D eigenvalue weighted by atomic mass is 10.1. The minimum absolute atomic E-state index is 0.373. The number of hydrogen-bond donors (Lipinski definition) is 2. The predicted octanol–water partition coefficient (Wildman–Crippen LogP) is 5.06. The first kappa shape index (κ1) is 32.8. The molecule has 1 aromatic carbocycles. The zero-order chi connectivity index (χ0) is 31.8. The van der Waals surface area contributed by atoms with E-state index >= 15 is 0 Å². The van der Waals surface area contributed by atoms with E-state index in [1.807, 2.05) is 53.4 Å². The number of hydrogen-bond acceptors (Lipinski definition) is 7. The Morgan fingerprint density at radius 3 is 2.02 bits per heavy atom. The summed E-state index contributed by atoms with van der Waals surface area (Å²) in [5.74, 6) is -3.31. The van der Waals surface area contributed by atoms with E-state index in [1.54, 1.807) is 7.11 Å². The van der Waals surface area contributed by atoms with Crippen LogP contribution in [0.25, 0.3) is 16.8 Å². The van der Waals surface area contributed by atoms with Crippen LogP contribution in [-0.2, 0) is 16.1 Å². The molecular weight excluding hydrogens is 588 g/mol. The van der Waals surface area contributed by atoms with E-state index in [0.717, 1.165) is 54.4 Å². The third-order valence-electron chi connectivity index (χ3n) is 6.05. The highest BCUT2D eigenvalue weighted by molar-refractivity contribution is 5.73. The van der Waals surface area contributed by atoms with Gasteiger partial charge < -0.3 is 14.9 Å². The maximum Gasteiger partial charge on any atom is 0.490 e. The molecular formula is C27H25F6N5O5. The number of alkyl halides is 6. The fourth-order valence-corrected chi connectivity index (χ4v) is 3.96. The third kappa shape index (κ3) is 9.66. The third-order valence-corrected chi connectivity index (χ3v) is 6.05. The van der Waals surface area contributed by atoms with Crippen molar-refractivity contribution >= 4 is 17.6 Å². The Morgan fingerprint density at radius 2 is 1.49 bits per heavy atom. The van der Waals surface area contributed by atoms with Gasteiger partial charge in [-0.15, -0.1) is 0 Å². The van der Waals surface area contributed by atoms with Gasteiger partial charge in [0.05, 0.1) is 7.11 Å². The second-order valence-electron chi connectivity index (χ2n) is 9.10. The maximum atomic E-state index is 10.6. The molecule has 0 spiro atoms. The monoisotopic (exact) mass is 613 g/mol. The first-order chi connectivity index (χ1) is 20.2. The van der Waals surface area contributed by atoms with Crippen LogP contribution >= 0.6 is 0 Å². The van der Waals surface area contributed by atoms with Gasteiger partial charge in [-0.3, -0.25) is 9.88 Å². The van der Waals surface area contributed by atoms with Crippen molar-refractivity contribution in [2.24, 2.45) is 0 Å². The van der Waals surface area contributed by atoms with E-state index in [9.17, 15) is 26.3 Å². The number of aromatic nitrogens is 4. The van der Waals surface area contributed by atoms with Crippen LogP contribution in [0.3, 0.4) is 0 Å². The molecule has 1 aliphatic rings. The van der Waals surface area contributed by atoms with Gasteiger partial charge in [0.25, 0.3) is 0 Å². The number of methoxy groups -OCH3 is 1. The molecule has 230 valence electrons. The molecule has 1 fully saturated rings. The van der Waals surface area contributed by atoms with Crippen molar-refractivity contribution in [1.82, 2.24) is 24.5 Å². The van der Waals surface area contributed by atoms with E-state index in [1.165, 1.54) is 5.56 Å². The van der Waals surface area contributed by atoms with Crippen LogP contribution in [0, 0.1) is 0 Å². The summed E-state index contributed by atoms with van der Waals surface area (Å²) in [6.45, 7) is 2.99. The Bertz CT molecular complexity index is 1490. The molecule has 1 atom stereocenters. The van der Waals surface area contributed by atoms with Gasteiger partial charge in [-0.2, -0.15) is 31.4 Å². The summed E-state index contributed by atoms with van der Waals surface area (Å²) in [5, 5.41) is 19.0. The molecule has 0 saturated carbocycles. The van der Waals surface area contributed by atoms with Crippen molar-refractivity contribution in [3.8, 4) is 16.9 Å². The molecule has 10 nitrogen and oxygen atoms in total. The fraction of sp³-hybridized carbons (Fsp3) is 0.296. The second kappa shape index (κ2) is 14.0. The van der Waals surface area contributed by atoms with Gasteiger partial charge in [-0.05, 0) is 60.5 Å². The maximum absolute atomic E-state index is 10.6. The zero-order valence-electron chi connectivity index (χ0n) is 22.4. The number of pyridine rings is 2. The van der Waals surface area contributed by atoms with E-state index in [2.05, 4.69) is 28.1 Å². The summed E-state index contributed by atoms with van der Waals surface area (Å²) < 4.78 is 70.6. The number of likely N-dealkylation sites (tertiary alicyclic amines) is 1. The van der Waals surface area contributed by atoms with Crippen molar-refractivity contribution < 1.29 is 50.9 Å². The molecule has 0 bridgehead atoms. The largest absolute Gasteiger partial charge is 0.497 e. The normalized spacial score (nSPS) is 15.2. The SMILES string of the molecule is COc1ccc(CN2CCC(c3nc4ccc(-c5ccncc5)cn4n3)C2)cc1.O=C(O)C(F)(F)F.O=C(O)C(F)(F)F. The zero-order valence-corrected chi connectivity index (χ0v) is 22.4. The van der Waals surface area contributed by atoms with Crippen LogP contribution in [0.4, 0.5) is 26.3 Å². The molecule has 5 rings (SSSR count). The molecule has 2 N–H and O–H groups in total. The molecule has 1 aliphatic heterocycles. The number of carbonyl (C=O) groups is 2. The Morgan fingerprint density at radius 1 is 0.907 bits per heavy atom. The lowest BCUT2D eigenvalue weighted by Gasteiger charge is -2.15. The number of fused-ring (bicyclic) bond motifs is 1. The van der Waals surface area contributed by atoms with Crippen LogP contribution in [0.5, 0.6) is 5.75 Å². The number of nitrogens with zero attached hydrogens (tertiary/aromatic N) is 5. The second-order valence-corrected chi connectivity index (χ2v) is 9.10. The van der Waals surface area contributed by atoms with Crippen molar-refractivity contribution in [2.45, 2.75) is 31.2 Å². The summed E-state index contributed by atoms with van der Waals surface area (Å²) in [4.78, 5) is 29.1. The van der Waals surface area contributed by atoms with Crippen LogP contribution in [-0.4, -0.2) is 79.2 Å². The molecule has 16 heteroatoms. The van der Waals surface area contributed by atoms with Gasteiger partial charge in [0, 0.05) is 43.2 Å². The Kier molecular flexibility index (Phi) is 10.6. The van der Waals surface area contributed by atoms with E-state index in [4.69, 9.17) is 34.6 Å². The molecule has 1 saturated heterocycles. The highest BCUT2D eigenvalue weighted by Gasteiger charge is 2.38. The molecule has 0 amide bonds. The Balaban J connectivity index is 0.000000303. The van der Waals surface area contributed by atoms with E-state index < -0.39 is 24.3 Å². The van der Waals surface area contributed by atoms with E-state index in [-0.39, 0.29) is 0 Å². The Labute approximate surface area is 240 Å². The first-order valence-corrected chi connectivity index (χ1v) is 12.4. The topological polar surface area (TPSA) is 130 Å². The summed E-state index contributed by atoms with van der Waals surface area (Å²) in [5.41, 5.74) is 4.44. The van der Waals surface area contributed by atoms with Crippen molar-refractivity contribution in [2.75, 3.05) is 20.2 Å². The number of carboxylic acids is 2. The summed E-state index contributed by atoms with van der Waals surface area (Å²) >= 11 is 0. The predicted molar refractivity (Wildman–Crippen MR) is 139 cm³/mol. The van der Waals surface area contributed by atoms with Crippen LogP contribution in [0.15, 0.2) is 67.1 Å². The van der Waals surface area contributed by atoms with Crippen LogP contribution in [0.1, 0.15) is 23.7 Å². The molecule has 3 aromatic heterocycles. The van der Waals surface area contributed by atoms with Gasteiger partial charge in [-0.25, -0.2) is 19.1 Å². The number of ether oxygens (including phenoxy) is 1. The van der Waals surface area contributed by atoms with Gasteiger partial charge in [-0.1, -0.05) is 12.1 Å². The lowest BCUT2D eigenvalue weighted by molar-refractivity contribution is -0.193. The number of benzene rings is 1. The van der Waals surface area contributed by atoms with Gasteiger partial charge in [0.15, 0.2) is 11.5 Å². The van der Waals surface area contributed by atoms with Crippen LogP contribution in [0.2, 0.25) is 0 Å². The molecule has 4 heterocycles. The van der Waals surface area contributed by atoms with Crippen molar-refractivity contribution in [1.29, 1.82) is 0 Å². The minimum Gasteiger partial charge on any atom is -0.497 e. The standard InChI is InChI=1S/C23H23N5O.2C2HF3O2/c1-29-21-5-2-17(3-6-21)14-27-13-10-20(15-27)23-25-22-7-4-19(16-28(22)26-23)18-8-11-24-12-9-18;2*3-2(4,5)1(6)7/h2-9,11-12,16,20H,10,13-15H2,1H3;2*(H,6,7). The average Bonchev–Trinajstić information content (AvgIpc) is 3.60. The average molecular weight is 614 g/mol. The highest BCUT2D eigenvalue weighted by Crippen LogP contribution is 2.27. The molecule has 1 unspecified atom stereocenters. The van der Waals surface area contributed by atoms with Gasteiger partial charge >= 0.3 is 24.3 Å². The summed E-state index contributed by atoms with van der Waals surface area (Å²) in [6.07, 6.45) is -3.42. The fourth-order valence-electron chi connectivity index (χ4n) is 3.96. The summed E-state index contributed by atoms with van der Waals surface area (Å²) in [7, 11) is 1.70. The minimum atomic E-state index is -5.08. The number of carboxylic acid groups (broad SMARTS) is 2. The number of rotatable bonds is 5. The molecule has 0 radical (unpaired) electrons. The molecule has 4 aromatic rings. The number of halogens is 6. The van der Waals surface area contributed by atoms with Crippen molar-refractivity contribution in [3.05, 3.63) is 78.5 Å². The van der Waals surface area contributed by atoms with E-state index in [0.29, 0.717) is 5.92 Å². The first-order valence-electron chi connectivity index (χ1n) is 12.4. The number of aliphatic carboxylic acids is 2. The highest BCUT2D eigenvalue weighted by atomic mass is 19.4. The van der Waals surface area contributed by atoms with Crippen molar-refractivity contribution in [3.63, 3.8) is 0 Å². The molecule has 43 heavy (non-hydrogen) atoms. The van der Waals surface area contributed by atoms with Crippen LogP contribution < -0.4 is 4.74 Å². The summed E-state index contributed by atoms with van der Waals surface area (Å²) in [6, 6.07) is 16.5. The lowest BCUT2D eigenvalue weighted by Crippen LogP contribution is -2.21. The van der Waals surface area contributed by atoms with Gasteiger partial charge in [0.1, 0.15) is 5.75 Å². The quantitative estimate of drug-likeness (QED) is 0.297. The Hall–Kier alpha value is -4.73. The molecule has 0 aliphatic carbocycles. The van der Waals surface area contributed by atoms with Gasteiger partial charge in [0.2, 0.25) is 0 Å². The smallest absolute Gasteiger partial charge is 0.490 e.